The lowest BCUT2D eigenvalue weighted by Crippen LogP contribution is -1.91. The monoisotopic (exact) mass is 1210 g/mol. The van der Waals surface area contributed by atoms with Crippen LogP contribution in [-0.2, 0) is 0 Å². The summed E-state index contributed by atoms with van der Waals surface area (Å²) in [5.74, 6) is 0. The Morgan fingerprint density at radius 2 is 0.305 bits per heavy atom. The van der Waals surface area contributed by atoms with Crippen molar-refractivity contribution in [1.29, 1.82) is 0 Å². The highest BCUT2D eigenvalue weighted by Crippen LogP contribution is 2.48. The van der Waals surface area contributed by atoms with Crippen molar-refractivity contribution in [3.05, 3.63) is 363 Å². The normalized spacial score (nSPS) is 11.0. The average Bonchev–Trinajstić information content (AvgIpc) is 0.757. The molecule has 0 bridgehead atoms. The number of rotatable bonds is 6. The summed E-state index contributed by atoms with van der Waals surface area (Å²) < 4.78 is 0. The Morgan fingerprint density at radius 3 is 0.537 bits per heavy atom. The second kappa shape index (κ2) is 27.6. The van der Waals surface area contributed by atoms with Crippen molar-refractivity contribution in [1.82, 2.24) is 0 Å². The first-order chi connectivity index (χ1) is 47.1. The van der Waals surface area contributed by atoms with Gasteiger partial charge in [-0.05, 0) is 189 Å². The summed E-state index contributed by atoms with van der Waals surface area (Å²) in [7, 11) is 0. The third kappa shape index (κ3) is 11.8. The molecule has 0 amide bonds. The molecule has 0 aliphatic rings. The Hall–Kier alpha value is -11.7. The summed E-state index contributed by atoms with van der Waals surface area (Å²) in [5.41, 5.74) is 16.7. The van der Waals surface area contributed by atoms with Crippen molar-refractivity contribution in [2.75, 3.05) is 0 Å². The van der Waals surface area contributed by atoms with Gasteiger partial charge in [-0.15, -0.1) is 0 Å². The van der Waals surface area contributed by atoms with E-state index in [1.165, 1.54) is 169 Å². The Labute approximate surface area is 558 Å². The summed E-state index contributed by atoms with van der Waals surface area (Å²) in [6.45, 7) is 10.1. The summed E-state index contributed by atoms with van der Waals surface area (Å²) in [4.78, 5) is 0. The van der Waals surface area contributed by atoms with Gasteiger partial charge in [-0.25, -0.2) is 0 Å². The van der Waals surface area contributed by atoms with Crippen LogP contribution >= 0.6 is 0 Å². The predicted octanol–water partition coefficient (Wildman–Crippen LogP) is 27.8. The number of fused-ring (bicyclic) bond motifs is 9. The van der Waals surface area contributed by atoms with Crippen molar-refractivity contribution >= 4 is 97.0 Å². The number of hydrogen-bond donors (Lipinski definition) is 0. The van der Waals surface area contributed by atoms with Gasteiger partial charge >= 0.3 is 0 Å². The van der Waals surface area contributed by atoms with Gasteiger partial charge in [0, 0.05) is 0 Å². The van der Waals surface area contributed by atoms with Crippen LogP contribution in [0.1, 0.15) is 33.3 Å². The summed E-state index contributed by atoms with van der Waals surface area (Å²) in [5, 5.41) is 23.2. The molecule has 0 heteroatoms. The first-order valence-corrected chi connectivity index (χ1v) is 33.6. The van der Waals surface area contributed by atoms with E-state index in [-0.39, 0.29) is 0 Å². The Balaban J connectivity index is 0.000000120. The molecule has 0 aliphatic heterocycles. The van der Waals surface area contributed by atoms with E-state index in [0.717, 1.165) is 0 Å². The highest BCUT2D eigenvalue weighted by Gasteiger charge is 2.20. The van der Waals surface area contributed by atoms with Crippen LogP contribution < -0.4 is 0 Å². The van der Waals surface area contributed by atoms with Crippen LogP contribution in [0, 0.1) is 6.92 Å². The van der Waals surface area contributed by atoms with E-state index in [1.807, 2.05) is 27.7 Å². The van der Waals surface area contributed by atoms with E-state index in [2.05, 4.69) is 365 Å². The maximum absolute atomic E-state index is 2.33. The number of aryl methyl sites for hydroxylation is 1. The van der Waals surface area contributed by atoms with Crippen LogP contribution in [0.5, 0.6) is 0 Å². The molecule has 18 aromatic rings. The van der Waals surface area contributed by atoms with E-state index < -0.39 is 0 Å². The van der Waals surface area contributed by atoms with Crippen molar-refractivity contribution < 1.29 is 0 Å². The fraction of sp³-hybridized carbons (Fsp3) is 0.0526. The van der Waals surface area contributed by atoms with Gasteiger partial charge in [-0.3, -0.25) is 0 Å². The SMILES string of the molecule is CC.CC.Cc1ccc(-c2c3ccccc3c(-c3ccc4ccccc4c3)c3ccccc23)cc1.c1ccc(-c2c3ccccc3c(-c3ccc4ccccc4c3)c3ccccc23)cc1.c1ccc(-c2c3ccccc3c(-c3ccc4ccccc4c3)c3ccccc23)cc1. The molecule has 0 radical (unpaired) electrons. The van der Waals surface area contributed by atoms with Crippen LogP contribution in [0.15, 0.2) is 358 Å². The maximum Gasteiger partial charge on any atom is -0.00262 e. The highest BCUT2D eigenvalue weighted by molar-refractivity contribution is 6.24. The third-order valence-electron chi connectivity index (χ3n) is 18.4. The van der Waals surface area contributed by atoms with Gasteiger partial charge in [-0.2, -0.15) is 0 Å². The molecule has 454 valence electrons. The highest BCUT2D eigenvalue weighted by atomic mass is 14.2. The molecule has 0 aromatic heterocycles. The van der Waals surface area contributed by atoms with Gasteiger partial charge in [0.25, 0.3) is 0 Å². The maximum atomic E-state index is 2.33. The van der Waals surface area contributed by atoms with Gasteiger partial charge in [0.2, 0.25) is 0 Å². The zero-order chi connectivity index (χ0) is 64.6. The van der Waals surface area contributed by atoms with Crippen molar-refractivity contribution in [2.24, 2.45) is 0 Å². The van der Waals surface area contributed by atoms with Crippen molar-refractivity contribution in [3.8, 4) is 66.8 Å². The van der Waals surface area contributed by atoms with E-state index >= 15 is 0 Å². The second-order valence-electron chi connectivity index (χ2n) is 23.8. The van der Waals surface area contributed by atoms with Gasteiger partial charge in [-0.1, -0.05) is 373 Å². The quantitative estimate of drug-likeness (QED) is 0.146. The van der Waals surface area contributed by atoms with Gasteiger partial charge in [0.1, 0.15) is 0 Å². The standard InChI is InChI=1S/C31H22.2C30H20.2C2H6/c1-21-14-16-23(17-15-21)30-26-10-4-6-12-28(26)31(29-13-7-5-11-27(29)30)25-19-18-22-8-2-3-9-24(22)20-25;2*1-2-11-22(12-3-1)29-25-14-6-8-16-27(25)30(28-17-9-7-15-26(28)29)24-19-18-21-10-4-5-13-23(21)20-24;2*1-2/h2-20H,1H3;2*1-20H;2*1-2H3. The van der Waals surface area contributed by atoms with E-state index in [4.69, 9.17) is 0 Å². The molecule has 95 heavy (non-hydrogen) atoms. The molecular formula is C95H74. The van der Waals surface area contributed by atoms with E-state index in [1.54, 1.807) is 0 Å². The fourth-order valence-electron chi connectivity index (χ4n) is 14.2. The molecule has 18 rings (SSSR count). The zero-order valence-corrected chi connectivity index (χ0v) is 54.6. The van der Waals surface area contributed by atoms with Gasteiger partial charge < -0.3 is 0 Å². The molecule has 0 aliphatic carbocycles. The molecule has 0 saturated carbocycles. The molecule has 0 saturated heterocycles. The van der Waals surface area contributed by atoms with Gasteiger partial charge in [0.15, 0.2) is 0 Å². The van der Waals surface area contributed by atoms with E-state index in [9.17, 15) is 0 Å². The molecule has 0 heterocycles. The number of hydrogen-bond acceptors (Lipinski definition) is 0. The number of benzene rings is 18. The minimum atomic E-state index is 1.26. The largest absolute Gasteiger partial charge is 0.0683 e. The lowest BCUT2D eigenvalue weighted by atomic mass is 9.85. The molecule has 0 fully saturated rings. The van der Waals surface area contributed by atoms with Crippen molar-refractivity contribution in [3.63, 3.8) is 0 Å². The van der Waals surface area contributed by atoms with Crippen LogP contribution in [0.2, 0.25) is 0 Å². The van der Waals surface area contributed by atoms with Gasteiger partial charge in [0.05, 0.1) is 0 Å². The Bertz CT molecular complexity index is 5350. The molecule has 0 nitrogen and oxygen atoms in total. The van der Waals surface area contributed by atoms with Crippen LogP contribution in [-0.4, -0.2) is 0 Å². The average molecular weight is 1220 g/mol. The summed E-state index contributed by atoms with van der Waals surface area (Å²) >= 11 is 0. The fourth-order valence-corrected chi connectivity index (χ4v) is 14.2. The van der Waals surface area contributed by atoms with Crippen LogP contribution in [0.3, 0.4) is 0 Å². The Morgan fingerprint density at radius 1 is 0.137 bits per heavy atom. The molecule has 0 unspecified atom stereocenters. The van der Waals surface area contributed by atoms with E-state index in [0.29, 0.717) is 0 Å². The lowest BCUT2D eigenvalue weighted by molar-refractivity contribution is 1.47. The second-order valence-corrected chi connectivity index (χ2v) is 23.8. The van der Waals surface area contributed by atoms with Crippen LogP contribution in [0.4, 0.5) is 0 Å². The first-order valence-electron chi connectivity index (χ1n) is 33.6. The van der Waals surface area contributed by atoms with Crippen LogP contribution in [0.25, 0.3) is 164 Å². The van der Waals surface area contributed by atoms with Crippen molar-refractivity contribution in [2.45, 2.75) is 34.6 Å². The predicted molar refractivity (Wildman–Crippen MR) is 417 cm³/mol. The molecule has 0 atom stereocenters. The molecule has 18 aromatic carbocycles. The minimum Gasteiger partial charge on any atom is -0.0683 e. The molecule has 0 N–H and O–H groups in total. The minimum absolute atomic E-state index is 1.26. The lowest BCUT2D eigenvalue weighted by Gasteiger charge is -2.18. The Kier molecular flexibility index (Phi) is 17.7. The summed E-state index contributed by atoms with van der Waals surface area (Å²) in [6.07, 6.45) is 0. The smallest absolute Gasteiger partial charge is 0.00262 e. The first kappa shape index (κ1) is 60.8. The summed E-state index contributed by atoms with van der Waals surface area (Å²) in [6, 6.07) is 130. The topological polar surface area (TPSA) is 0 Å². The molecular weight excluding hydrogens is 1140 g/mol. The zero-order valence-electron chi connectivity index (χ0n) is 54.6. The molecule has 0 spiro atoms. The third-order valence-corrected chi connectivity index (χ3v) is 18.4.